The van der Waals surface area contributed by atoms with Gasteiger partial charge in [-0.2, -0.15) is 8.78 Å². The van der Waals surface area contributed by atoms with Gasteiger partial charge in [0.1, 0.15) is 5.75 Å². The van der Waals surface area contributed by atoms with E-state index in [2.05, 4.69) is 4.74 Å². The molecule has 0 aromatic heterocycles. The smallest absolute Gasteiger partial charge is 0.387 e. The Balaban J connectivity index is 2.20. The van der Waals surface area contributed by atoms with Crippen molar-refractivity contribution in [1.82, 2.24) is 0 Å². The van der Waals surface area contributed by atoms with Gasteiger partial charge in [0.2, 0.25) is 0 Å². The van der Waals surface area contributed by atoms with E-state index in [0.717, 1.165) is 11.1 Å². The maximum atomic E-state index is 12.4. The summed E-state index contributed by atoms with van der Waals surface area (Å²) >= 11 is 0. The van der Waals surface area contributed by atoms with Crippen molar-refractivity contribution in [3.05, 3.63) is 59.2 Å². The van der Waals surface area contributed by atoms with Crippen molar-refractivity contribution in [2.45, 2.75) is 13.2 Å². The monoisotopic (exact) mass is 378 g/mol. The highest BCUT2D eigenvalue weighted by Gasteiger charge is 2.13. The van der Waals surface area contributed by atoms with Crippen LogP contribution in [0.25, 0.3) is 6.08 Å². The maximum absolute atomic E-state index is 12.4. The number of allylic oxidation sites excluding steroid dienone is 1. The predicted molar refractivity (Wildman–Crippen MR) is 96.7 cm³/mol. The van der Waals surface area contributed by atoms with E-state index in [1.165, 1.54) is 31.4 Å². The lowest BCUT2D eigenvalue weighted by molar-refractivity contribution is -0.0512. The van der Waals surface area contributed by atoms with Gasteiger partial charge < -0.3 is 18.9 Å². The van der Waals surface area contributed by atoms with E-state index < -0.39 is 6.61 Å². The van der Waals surface area contributed by atoms with Crippen molar-refractivity contribution < 1.29 is 32.5 Å². The van der Waals surface area contributed by atoms with E-state index in [4.69, 9.17) is 14.2 Å². The summed E-state index contributed by atoms with van der Waals surface area (Å²) in [6.07, 6.45) is 3.04. The number of ketones is 1. The van der Waals surface area contributed by atoms with Gasteiger partial charge in [-0.3, -0.25) is 4.79 Å². The molecule has 0 heterocycles. The van der Waals surface area contributed by atoms with Crippen LogP contribution in [0.5, 0.6) is 17.2 Å². The average Bonchev–Trinajstić information content (AvgIpc) is 2.66. The van der Waals surface area contributed by atoms with Crippen LogP contribution in [0, 0.1) is 0 Å². The van der Waals surface area contributed by atoms with Crippen molar-refractivity contribution in [3.8, 4) is 17.2 Å². The molecule has 0 saturated carbocycles. The van der Waals surface area contributed by atoms with Gasteiger partial charge in [-0.1, -0.05) is 12.1 Å². The SMILES string of the molecule is COCc1cc(/C=C/C(=O)c2ccc(OC(F)F)c(OC)c2)ccc1OC. The number of rotatable bonds is 9. The molecule has 0 unspecified atom stereocenters. The highest BCUT2D eigenvalue weighted by Crippen LogP contribution is 2.30. The van der Waals surface area contributed by atoms with Gasteiger partial charge in [-0.15, -0.1) is 0 Å². The first kappa shape index (κ1) is 20.4. The third-order valence-electron chi connectivity index (χ3n) is 3.70. The molecule has 0 spiro atoms. The van der Waals surface area contributed by atoms with Crippen molar-refractivity contribution in [2.24, 2.45) is 0 Å². The molecule has 0 aliphatic rings. The van der Waals surface area contributed by atoms with Crippen LogP contribution in [-0.4, -0.2) is 33.7 Å². The summed E-state index contributed by atoms with van der Waals surface area (Å²) in [5.74, 6) is 0.314. The lowest BCUT2D eigenvalue weighted by Crippen LogP contribution is -2.04. The van der Waals surface area contributed by atoms with Gasteiger partial charge in [0.05, 0.1) is 20.8 Å². The minimum atomic E-state index is -2.98. The molecule has 0 N–H and O–H groups in total. The summed E-state index contributed by atoms with van der Waals surface area (Å²) in [7, 11) is 4.47. The number of carbonyl (C=O) groups is 1. The lowest BCUT2D eigenvalue weighted by atomic mass is 10.1. The van der Waals surface area contributed by atoms with Crippen LogP contribution in [-0.2, 0) is 11.3 Å². The lowest BCUT2D eigenvalue weighted by Gasteiger charge is -2.10. The zero-order valence-electron chi connectivity index (χ0n) is 15.2. The van der Waals surface area contributed by atoms with Crippen LogP contribution < -0.4 is 14.2 Å². The van der Waals surface area contributed by atoms with E-state index >= 15 is 0 Å². The Kier molecular flexibility index (Phi) is 7.31. The summed E-state index contributed by atoms with van der Waals surface area (Å²) < 4.78 is 44.5. The molecule has 0 saturated heterocycles. The van der Waals surface area contributed by atoms with E-state index in [1.54, 1.807) is 26.4 Å². The molecule has 2 aromatic rings. The largest absolute Gasteiger partial charge is 0.496 e. The van der Waals surface area contributed by atoms with Gasteiger partial charge in [0, 0.05) is 18.2 Å². The molecule has 2 rings (SSSR count). The van der Waals surface area contributed by atoms with Crippen LogP contribution in [0.15, 0.2) is 42.5 Å². The van der Waals surface area contributed by atoms with Crippen molar-refractivity contribution >= 4 is 11.9 Å². The summed E-state index contributed by atoms with van der Waals surface area (Å²) in [5, 5.41) is 0. The summed E-state index contributed by atoms with van der Waals surface area (Å²) in [4.78, 5) is 12.4. The Hall–Kier alpha value is -2.93. The van der Waals surface area contributed by atoms with E-state index in [9.17, 15) is 13.6 Å². The number of halogens is 2. The number of methoxy groups -OCH3 is 3. The minimum absolute atomic E-state index is 0.0568. The Morgan fingerprint density at radius 2 is 1.70 bits per heavy atom. The van der Waals surface area contributed by atoms with E-state index in [0.29, 0.717) is 12.4 Å². The Bertz CT molecular complexity index is 818. The third-order valence-corrected chi connectivity index (χ3v) is 3.70. The molecule has 5 nitrogen and oxygen atoms in total. The zero-order chi connectivity index (χ0) is 19.8. The number of ether oxygens (including phenoxy) is 4. The quantitative estimate of drug-likeness (QED) is 0.480. The maximum Gasteiger partial charge on any atom is 0.387 e. The van der Waals surface area contributed by atoms with Crippen LogP contribution in [0.2, 0.25) is 0 Å². The second kappa shape index (κ2) is 9.68. The fourth-order valence-corrected chi connectivity index (χ4v) is 2.45. The number of benzene rings is 2. The van der Waals surface area contributed by atoms with E-state index in [-0.39, 0.29) is 22.8 Å². The predicted octanol–water partition coefficient (Wildman–Crippen LogP) is 4.35. The first-order valence-electron chi connectivity index (χ1n) is 7.99. The Labute approximate surface area is 156 Å². The molecule has 0 radical (unpaired) electrons. The Morgan fingerprint density at radius 3 is 2.33 bits per heavy atom. The molecule has 0 aliphatic heterocycles. The minimum Gasteiger partial charge on any atom is -0.496 e. The summed E-state index contributed by atoms with van der Waals surface area (Å²) in [6.45, 7) is -2.60. The molecule has 0 atom stereocenters. The number of hydrogen-bond acceptors (Lipinski definition) is 5. The molecule has 0 fully saturated rings. The van der Waals surface area contributed by atoms with Crippen LogP contribution >= 0.6 is 0 Å². The Morgan fingerprint density at radius 1 is 1.00 bits per heavy atom. The number of alkyl halides is 2. The first-order chi connectivity index (χ1) is 13.0. The summed E-state index contributed by atoms with van der Waals surface area (Å²) in [6, 6.07) is 9.48. The number of carbonyl (C=O) groups excluding carboxylic acids is 1. The van der Waals surface area contributed by atoms with Crippen molar-refractivity contribution in [1.29, 1.82) is 0 Å². The molecule has 2 aromatic carbocycles. The molecule has 27 heavy (non-hydrogen) atoms. The zero-order valence-corrected chi connectivity index (χ0v) is 15.2. The van der Waals surface area contributed by atoms with Crippen LogP contribution in [0.3, 0.4) is 0 Å². The van der Waals surface area contributed by atoms with Crippen molar-refractivity contribution in [3.63, 3.8) is 0 Å². The fourth-order valence-electron chi connectivity index (χ4n) is 2.45. The molecule has 0 bridgehead atoms. The first-order valence-corrected chi connectivity index (χ1v) is 7.99. The molecule has 7 heteroatoms. The third kappa shape index (κ3) is 5.52. The van der Waals surface area contributed by atoms with E-state index in [1.807, 2.05) is 12.1 Å². The average molecular weight is 378 g/mol. The van der Waals surface area contributed by atoms with Gasteiger partial charge in [0.25, 0.3) is 0 Å². The van der Waals surface area contributed by atoms with Crippen molar-refractivity contribution in [2.75, 3.05) is 21.3 Å². The normalized spacial score (nSPS) is 11.0. The van der Waals surface area contributed by atoms with Crippen LogP contribution in [0.1, 0.15) is 21.5 Å². The molecular weight excluding hydrogens is 358 g/mol. The molecule has 0 amide bonds. The topological polar surface area (TPSA) is 54.0 Å². The second-order valence-electron chi connectivity index (χ2n) is 5.45. The summed E-state index contributed by atoms with van der Waals surface area (Å²) in [5.41, 5.74) is 1.93. The highest BCUT2D eigenvalue weighted by molar-refractivity contribution is 6.07. The standard InChI is InChI=1S/C20H20F2O5/c1-24-12-15-10-13(5-8-17(15)25-2)4-7-16(23)14-6-9-18(27-20(21)22)19(11-14)26-3/h4-11,20H,12H2,1-3H3/b7-4+. The van der Waals surface area contributed by atoms with Gasteiger partial charge in [-0.05, 0) is 42.0 Å². The number of hydrogen-bond donors (Lipinski definition) is 0. The van der Waals surface area contributed by atoms with Gasteiger partial charge >= 0.3 is 6.61 Å². The molecule has 0 aliphatic carbocycles. The molecular formula is C20H20F2O5. The van der Waals surface area contributed by atoms with Crippen LogP contribution in [0.4, 0.5) is 8.78 Å². The molecule has 144 valence electrons. The van der Waals surface area contributed by atoms with Gasteiger partial charge in [0.15, 0.2) is 17.3 Å². The fraction of sp³-hybridized carbons (Fsp3) is 0.250. The van der Waals surface area contributed by atoms with Gasteiger partial charge in [-0.25, -0.2) is 0 Å². The highest BCUT2D eigenvalue weighted by atomic mass is 19.3. The second-order valence-corrected chi connectivity index (χ2v) is 5.45.